The Hall–Kier alpha value is -2.31. The Morgan fingerprint density at radius 1 is 0.964 bits per heavy atom. The Kier molecular flexibility index (Phi) is 7.94. The average molecular weight is 396 g/mol. The van der Waals surface area contributed by atoms with Gasteiger partial charge in [0.25, 0.3) is 0 Å². The lowest BCUT2D eigenvalue weighted by Crippen LogP contribution is -2.25. The Labute approximate surface area is 171 Å². The Morgan fingerprint density at radius 3 is 2.43 bits per heavy atom. The molecule has 0 saturated carbocycles. The van der Waals surface area contributed by atoms with Crippen molar-refractivity contribution >= 4 is 23.0 Å². The number of rotatable bonds is 11. The number of aromatic nitrogens is 3. The number of thiazole rings is 1. The van der Waals surface area contributed by atoms with Crippen LogP contribution in [0.25, 0.3) is 10.7 Å². The summed E-state index contributed by atoms with van der Waals surface area (Å²) in [6.07, 6.45) is 8.73. The molecule has 0 fully saturated rings. The molecule has 0 amide bonds. The van der Waals surface area contributed by atoms with Gasteiger partial charge in [0.15, 0.2) is 0 Å². The minimum Gasteiger partial charge on any atom is -0.325 e. The molecule has 0 unspecified atom stereocenters. The van der Waals surface area contributed by atoms with Crippen LogP contribution in [0.3, 0.4) is 0 Å². The molecule has 5 nitrogen and oxygen atoms in total. The van der Waals surface area contributed by atoms with Crippen molar-refractivity contribution < 1.29 is 0 Å². The fourth-order valence-electron chi connectivity index (χ4n) is 2.99. The zero-order valence-corrected chi connectivity index (χ0v) is 17.6. The molecule has 3 aromatic rings. The normalized spacial score (nSPS) is 11.1. The molecule has 0 saturated heterocycles. The number of unbranched alkanes of at least 4 members (excludes halogenated alkanes) is 2. The van der Waals surface area contributed by atoms with Crippen LogP contribution in [0, 0.1) is 0 Å². The summed E-state index contributed by atoms with van der Waals surface area (Å²) < 4.78 is 0. The fraction of sp³-hybridized carbons (Fsp3) is 0.409. The number of hydrogen-bond acceptors (Lipinski definition) is 6. The van der Waals surface area contributed by atoms with Gasteiger partial charge in [-0.05, 0) is 49.7 Å². The van der Waals surface area contributed by atoms with Crippen LogP contribution < -0.4 is 5.32 Å². The van der Waals surface area contributed by atoms with Gasteiger partial charge >= 0.3 is 0 Å². The minimum absolute atomic E-state index is 0.778. The van der Waals surface area contributed by atoms with E-state index in [1.165, 1.54) is 31.2 Å². The maximum atomic E-state index is 4.64. The molecular formula is C22H29N5S. The Morgan fingerprint density at radius 2 is 1.79 bits per heavy atom. The summed E-state index contributed by atoms with van der Waals surface area (Å²) in [5.41, 5.74) is 2.13. The van der Waals surface area contributed by atoms with E-state index in [4.69, 9.17) is 0 Å². The SMILES string of the molecule is CCCCN(CCCC)Cc1ccc(Nc2cccc(-c3nccs3)n2)nc1. The molecule has 3 heterocycles. The van der Waals surface area contributed by atoms with E-state index >= 15 is 0 Å². The van der Waals surface area contributed by atoms with Crippen molar-refractivity contribution in [3.05, 3.63) is 53.7 Å². The van der Waals surface area contributed by atoms with Crippen LogP contribution in [-0.4, -0.2) is 32.9 Å². The van der Waals surface area contributed by atoms with Gasteiger partial charge in [-0.3, -0.25) is 4.90 Å². The third-order valence-electron chi connectivity index (χ3n) is 4.54. The number of hydrogen-bond donors (Lipinski definition) is 1. The molecule has 3 rings (SSSR count). The van der Waals surface area contributed by atoms with Crippen molar-refractivity contribution in [1.29, 1.82) is 0 Å². The van der Waals surface area contributed by atoms with Crippen molar-refractivity contribution in [3.63, 3.8) is 0 Å². The second-order valence-corrected chi connectivity index (χ2v) is 7.80. The highest BCUT2D eigenvalue weighted by Crippen LogP contribution is 2.22. The molecule has 0 aliphatic carbocycles. The van der Waals surface area contributed by atoms with Gasteiger partial charge in [0.05, 0.1) is 0 Å². The maximum absolute atomic E-state index is 4.64. The molecular weight excluding hydrogens is 366 g/mol. The molecule has 1 N–H and O–H groups in total. The van der Waals surface area contributed by atoms with Crippen molar-refractivity contribution in [2.45, 2.75) is 46.1 Å². The van der Waals surface area contributed by atoms with Crippen LogP contribution in [0.1, 0.15) is 45.1 Å². The fourth-order valence-corrected chi connectivity index (χ4v) is 3.59. The Bertz CT molecular complexity index is 809. The number of nitrogens with one attached hydrogen (secondary N) is 1. The highest BCUT2D eigenvalue weighted by atomic mass is 32.1. The van der Waals surface area contributed by atoms with Crippen LogP contribution in [0.2, 0.25) is 0 Å². The highest BCUT2D eigenvalue weighted by molar-refractivity contribution is 7.13. The van der Waals surface area contributed by atoms with Gasteiger partial charge < -0.3 is 5.32 Å². The summed E-state index contributed by atoms with van der Waals surface area (Å²) in [6.45, 7) is 7.77. The summed E-state index contributed by atoms with van der Waals surface area (Å²) in [5.74, 6) is 1.58. The summed E-state index contributed by atoms with van der Waals surface area (Å²) in [6, 6.07) is 10.1. The van der Waals surface area contributed by atoms with E-state index in [0.29, 0.717) is 0 Å². The summed E-state index contributed by atoms with van der Waals surface area (Å²) in [7, 11) is 0. The molecule has 3 aromatic heterocycles. The number of anilines is 2. The van der Waals surface area contributed by atoms with Gasteiger partial charge in [0, 0.05) is 24.3 Å². The van der Waals surface area contributed by atoms with Gasteiger partial charge in [-0.1, -0.05) is 38.8 Å². The predicted molar refractivity (Wildman–Crippen MR) is 118 cm³/mol. The first-order chi connectivity index (χ1) is 13.8. The predicted octanol–water partition coefficient (Wildman–Crippen LogP) is 5.75. The summed E-state index contributed by atoms with van der Waals surface area (Å²) in [4.78, 5) is 16.1. The summed E-state index contributed by atoms with van der Waals surface area (Å²) in [5, 5.41) is 6.18. The van der Waals surface area contributed by atoms with Crippen LogP contribution in [0.4, 0.5) is 11.6 Å². The zero-order valence-electron chi connectivity index (χ0n) is 16.8. The zero-order chi connectivity index (χ0) is 19.6. The van der Waals surface area contributed by atoms with Crippen LogP contribution in [0.5, 0.6) is 0 Å². The molecule has 0 aromatic carbocycles. The van der Waals surface area contributed by atoms with Gasteiger partial charge in [-0.15, -0.1) is 11.3 Å². The quantitative estimate of drug-likeness (QED) is 0.448. The molecule has 0 spiro atoms. The van der Waals surface area contributed by atoms with E-state index in [1.807, 2.05) is 35.8 Å². The van der Waals surface area contributed by atoms with Gasteiger partial charge in [0.1, 0.15) is 22.3 Å². The van der Waals surface area contributed by atoms with E-state index in [0.717, 1.165) is 42.0 Å². The van der Waals surface area contributed by atoms with Crippen LogP contribution in [0.15, 0.2) is 48.1 Å². The average Bonchev–Trinajstić information content (AvgIpc) is 3.26. The number of nitrogens with zero attached hydrogens (tertiary/aromatic N) is 4. The molecule has 0 atom stereocenters. The highest BCUT2D eigenvalue weighted by Gasteiger charge is 2.07. The molecule has 0 aliphatic rings. The second-order valence-electron chi connectivity index (χ2n) is 6.91. The first-order valence-electron chi connectivity index (χ1n) is 10.1. The van der Waals surface area contributed by atoms with Gasteiger partial charge in [-0.25, -0.2) is 15.0 Å². The van der Waals surface area contributed by atoms with E-state index < -0.39 is 0 Å². The van der Waals surface area contributed by atoms with E-state index in [9.17, 15) is 0 Å². The first kappa shape index (κ1) is 20.4. The van der Waals surface area contributed by atoms with Gasteiger partial charge in [0.2, 0.25) is 0 Å². The van der Waals surface area contributed by atoms with E-state index in [1.54, 1.807) is 17.5 Å². The molecule has 0 aliphatic heterocycles. The standard InChI is InChI=1S/C22H29N5S/c1-3-5-13-27(14-6-4-2)17-18-10-11-20(24-16-18)26-21-9-7-8-19(25-21)22-23-12-15-28-22/h7-12,15-16H,3-6,13-14,17H2,1-2H3,(H,24,25,26). The van der Waals surface area contributed by atoms with E-state index in [2.05, 4.69) is 45.1 Å². The third kappa shape index (κ3) is 6.11. The smallest absolute Gasteiger partial charge is 0.141 e. The topological polar surface area (TPSA) is 53.9 Å². The molecule has 0 bridgehead atoms. The lowest BCUT2D eigenvalue weighted by Gasteiger charge is -2.22. The van der Waals surface area contributed by atoms with Crippen molar-refractivity contribution in [2.24, 2.45) is 0 Å². The minimum atomic E-state index is 0.778. The first-order valence-corrected chi connectivity index (χ1v) is 11.0. The second kappa shape index (κ2) is 10.9. The van der Waals surface area contributed by atoms with Crippen molar-refractivity contribution in [2.75, 3.05) is 18.4 Å². The molecule has 0 radical (unpaired) electrons. The Balaban J connectivity index is 1.61. The maximum Gasteiger partial charge on any atom is 0.141 e. The lowest BCUT2D eigenvalue weighted by molar-refractivity contribution is 0.257. The lowest BCUT2D eigenvalue weighted by atomic mass is 10.2. The van der Waals surface area contributed by atoms with Crippen LogP contribution >= 0.6 is 11.3 Å². The number of pyridine rings is 2. The van der Waals surface area contributed by atoms with Crippen molar-refractivity contribution in [1.82, 2.24) is 19.9 Å². The molecule has 6 heteroatoms. The van der Waals surface area contributed by atoms with Crippen molar-refractivity contribution in [3.8, 4) is 10.7 Å². The molecule has 148 valence electrons. The summed E-state index contributed by atoms with van der Waals surface area (Å²) >= 11 is 1.59. The van der Waals surface area contributed by atoms with E-state index in [-0.39, 0.29) is 0 Å². The van der Waals surface area contributed by atoms with Gasteiger partial charge in [-0.2, -0.15) is 0 Å². The van der Waals surface area contributed by atoms with Crippen LogP contribution in [-0.2, 0) is 6.54 Å². The monoisotopic (exact) mass is 395 g/mol. The molecule has 28 heavy (non-hydrogen) atoms. The third-order valence-corrected chi connectivity index (χ3v) is 5.34. The largest absolute Gasteiger partial charge is 0.325 e.